The lowest BCUT2D eigenvalue weighted by atomic mass is 9.81. The molecule has 0 N–H and O–H groups in total. The van der Waals surface area contributed by atoms with E-state index in [0.29, 0.717) is 0 Å². The molecule has 0 bridgehead atoms. The fourth-order valence-corrected chi connectivity index (χ4v) is 7.30. The van der Waals surface area contributed by atoms with Crippen LogP contribution in [-0.4, -0.2) is 0 Å². The first-order valence-electron chi connectivity index (χ1n) is 15.4. The van der Waals surface area contributed by atoms with E-state index in [0.717, 1.165) is 12.8 Å². The third-order valence-electron chi connectivity index (χ3n) is 9.66. The Morgan fingerprint density at radius 1 is 0.372 bits per heavy atom. The molecule has 2 aliphatic carbocycles. The first-order valence-corrected chi connectivity index (χ1v) is 15.4. The Labute approximate surface area is 255 Å². The highest BCUT2D eigenvalue weighted by Crippen LogP contribution is 2.49. The quantitative estimate of drug-likeness (QED) is 0.192. The number of hydrogen-bond acceptors (Lipinski definition) is 0. The molecule has 0 nitrogen and oxygen atoms in total. The summed E-state index contributed by atoms with van der Waals surface area (Å²) in [6, 6.07) is 49.4. The first kappa shape index (κ1) is 25.7. The van der Waals surface area contributed by atoms with Crippen molar-refractivity contribution in [1.29, 1.82) is 0 Å². The monoisotopic (exact) mass is 550 g/mol. The Morgan fingerprint density at radius 2 is 0.814 bits per heavy atom. The summed E-state index contributed by atoms with van der Waals surface area (Å²) in [4.78, 5) is 0. The summed E-state index contributed by atoms with van der Waals surface area (Å²) in [6.07, 6.45) is 6.61. The molecule has 0 aliphatic heterocycles. The van der Waals surface area contributed by atoms with E-state index >= 15 is 0 Å². The van der Waals surface area contributed by atoms with Crippen LogP contribution in [0.1, 0.15) is 36.1 Å². The molecule has 0 radical (unpaired) electrons. The van der Waals surface area contributed by atoms with Crippen LogP contribution in [0.15, 0.2) is 146 Å². The van der Waals surface area contributed by atoms with Crippen LogP contribution in [0, 0.1) is 0 Å². The van der Waals surface area contributed by atoms with Gasteiger partial charge in [0.25, 0.3) is 0 Å². The minimum atomic E-state index is 0.0149. The standard InChI is InChI=1S/C43H34/c1-43(2)41-15-9-8-14-39(41)40-25-24-34(28-42(40)43)31-18-16-29(17-19-31)30-20-22-33(23-21-30)36-27-26-35(32-10-4-3-5-11-32)37-12-6-7-13-38(36)37/h3-11,14-28H,12-13H2,1-2H3. The summed E-state index contributed by atoms with van der Waals surface area (Å²) in [7, 11) is 0. The fourth-order valence-electron chi connectivity index (χ4n) is 7.30. The lowest BCUT2D eigenvalue weighted by Crippen LogP contribution is -2.14. The van der Waals surface area contributed by atoms with E-state index in [1.807, 2.05) is 0 Å². The van der Waals surface area contributed by atoms with Crippen molar-refractivity contribution in [3.05, 3.63) is 168 Å². The van der Waals surface area contributed by atoms with Crippen LogP contribution in [-0.2, 0) is 18.3 Å². The molecule has 8 rings (SSSR count). The predicted octanol–water partition coefficient (Wildman–Crippen LogP) is 11.3. The van der Waals surface area contributed by atoms with Crippen LogP contribution in [0.4, 0.5) is 0 Å². The highest BCUT2D eigenvalue weighted by atomic mass is 14.4. The molecule has 0 atom stereocenters. The Balaban J connectivity index is 1.07. The lowest BCUT2D eigenvalue weighted by molar-refractivity contribution is 0.660. The Kier molecular flexibility index (Phi) is 6.05. The van der Waals surface area contributed by atoms with Gasteiger partial charge in [-0.1, -0.05) is 153 Å². The highest BCUT2D eigenvalue weighted by molar-refractivity contribution is 5.84. The van der Waals surface area contributed by atoms with Crippen molar-refractivity contribution in [3.63, 3.8) is 0 Å². The lowest BCUT2D eigenvalue weighted by Gasteiger charge is -2.22. The van der Waals surface area contributed by atoms with E-state index in [4.69, 9.17) is 0 Å². The molecule has 0 amide bonds. The van der Waals surface area contributed by atoms with Gasteiger partial charge >= 0.3 is 0 Å². The van der Waals surface area contributed by atoms with Gasteiger partial charge in [-0.15, -0.1) is 0 Å². The Morgan fingerprint density at radius 3 is 1.44 bits per heavy atom. The van der Waals surface area contributed by atoms with Crippen LogP contribution in [0.25, 0.3) is 55.6 Å². The molecule has 0 spiro atoms. The second kappa shape index (κ2) is 10.1. The van der Waals surface area contributed by atoms with Gasteiger partial charge in [-0.2, -0.15) is 0 Å². The smallest absolute Gasteiger partial charge is 0.0159 e. The average Bonchev–Trinajstić information content (AvgIpc) is 3.30. The maximum Gasteiger partial charge on any atom is 0.0159 e. The minimum Gasteiger partial charge on any atom is -0.0838 e. The van der Waals surface area contributed by atoms with Crippen LogP contribution < -0.4 is 0 Å². The summed E-state index contributed by atoms with van der Waals surface area (Å²) in [6.45, 7) is 4.69. The molecule has 6 aromatic rings. The molecule has 6 aromatic carbocycles. The molecule has 0 heterocycles. The zero-order chi connectivity index (χ0) is 29.0. The normalized spacial score (nSPS) is 14.2. The van der Waals surface area contributed by atoms with Gasteiger partial charge in [-0.25, -0.2) is 0 Å². The van der Waals surface area contributed by atoms with Crippen molar-refractivity contribution in [2.24, 2.45) is 0 Å². The van der Waals surface area contributed by atoms with Gasteiger partial charge in [0.15, 0.2) is 0 Å². The van der Waals surface area contributed by atoms with Crippen molar-refractivity contribution in [2.75, 3.05) is 0 Å². The second-order valence-corrected chi connectivity index (χ2v) is 12.4. The Hall–Kier alpha value is -4.94. The van der Waals surface area contributed by atoms with E-state index in [1.165, 1.54) is 77.9 Å². The summed E-state index contributed by atoms with van der Waals surface area (Å²) >= 11 is 0. The number of fused-ring (bicyclic) bond motifs is 4. The minimum absolute atomic E-state index is 0.0149. The maximum atomic E-state index is 2.40. The summed E-state index contributed by atoms with van der Waals surface area (Å²) in [5, 5.41) is 0. The van der Waals surface area contributed by atoms with Gasteiger partial charge < -0.3 is 0 Å². The molecule has 0 fully saturated rings. The number of hydrogen-bond donors (Lipinski definition) is 0. The number of rotatable bonds is 4. The first-order chi connectivity index (χ1) is 21.1. The third-order valence-corrected chi connectivity index (χ3v) is 9.66. The highest BCUT2D eigenvalue weighted by Gasteiger charge is 2.35. The molecule has 0 saturated carbocycles. The van der Waals surface area contributed by atoms with Crippen molar-refractivity contribution < 1.29 is 0 Å². The molecular weight excluding hydrogens is 516 g/mol. The largest absolute Gasteiger partial charge is 0.0838 e. The van der Waals surface area contributed by atoms with Gasteiger partial charge in [0.2, 0.25) is 0 Å². The van der Waals surface area contributed by atoms with Crippen molar-refractivity contribution in [1.82, 2.24) is 0 Å². The maximum absolute atomic E-state index is 2.40. The summed E-state index contributed by atoms with van der Waals surface area (Å²) < 4.78 is 0. The van der Waals surface area contributed by atoms with Crippen molar-refractivity contribution in [3.8, 4) is 55.6 Å². The number of allylic oxidation sites excluding steroid dienone is 2. The van der Waals surface area contributed by atoms with Gasteiger partial charge in [0, 0.05) is 5.41 Å². The fraction of sp³-hybridized carbons (Fsp3) is 0.116. The van der Waals surface area contributed by atoms with E-state index < -0.39 is 0 Å². The van der Waals surface area contributed by atoms with Crippen LogP contribution in [0.5, 0.6) is 0 Å². The second-order valence-electron chi connectivity index (χ2n) is 12.4. The van der Waals surface area contributed by atoms with Gasteiger partial charge in [-0.05, 0) is 96.8 Å². The van der Waals surface area contributed by atoms with E-state index in [1.54, 1.807) is 0 Å². The van der Waals surface area contributed by atoms with Crippen LogP contribution in [0.2, 0.25) is 0 Å². The molecule has 0 heteroatoms. The van der Waals surface area contributed by atoms with E-state index in [2.05, 4.69) is 159 Å². The molecule has 0 unspecified atom stereocenters. The van der Waals surface area contributed by atoms with E-state index in [9.17, 15) is 0 Å². The van der Waals surface area contributed by atoms with Gasteiger partial charge in [0.05, 0.1) is 0 Å². The van der Waals surface area contributed by atoms with Crippen LogP contribution >= 0.6 is 0 Å². The molecule has 206 valence electrons. The Bertz CT molecular complexity index is 2000. The summed E-state index contributed by atoms with van der Waals surface area (Å²) in [5.41, 5.74) is 18.8. The SMILES string of the molecule is CC1(C)c2ccccc2-c2ccc(-c3ccc(-c4ccc(-c5ccc(-c6ccccc6)c6c5CC=CC6)cc4)cc3)cc21. The van der Waals surface area contributed by atoms with Crippen LogP contribution in [0.3, 0.4) is 0 Å². The van der Waals surface area contributed by atoms with Gasteiger partial charge in [-0.3, -0.25) is 0 Å². The summed E-state index contributed by atoms with van der Waals surface area (Å²) in [5.74, 6) is 0. The zero-order valence-corrected chi connectivity index (χ0v) is 24.8. The third kappa shape index (κ3) is 4.29. The number of benzene rings is 6. The predicted molar refractivity (Wildman–Crippen MR) is 182 cm³/mol. The van der Waals surface area contributed by atoms with Gasteiger partial charge in [0.1, 0.15) is 0 Å². The molecule has 2 aliphatic rings. The topological polar surface area (TPSA) is 0 Å². The molecular formula is C43H34. The average molecular weight is 551 g/mol. The molecule has 0 saturated heterocycles. The molecule has 0 aromatic heterocycles. The molecule has 43 heavy (non-hydrogen) atoms. The zero-order valence-electron chi connectivity index (χ0n) is 24.8. The van der Waals surface area contributed by atoms with Crippen molar-refractivity contribution >= 4 is 0 Å². The van der Waals surface area contributed by atoms with Crippen molar-refractivity contribution in [2.45, 2.75) is 32.1 Å². The van der Waals surface area contributed by atoms with E-state index in [-0.39, 0.29) is 5.41 Å².